The molecule has 0 radical (unpaired) electrons. The number of alkyl halides is 3. The Labute approximate surface area is 114 Å². The van der Waals surface area contributed by atoms with E-state index in [9.17, 15) is 18.0 Å². The summed E-state index contributed by atoms with van der Waals surface area (Å²) < 4.78 is 37.3. The normalized spacial score (nSPS) is 11.4. The molecule has 0 bridgehead atoms. The van der Waals surface area contributed by atoms with E-state index >= 15 is 0 Å². The number of nitrogens with zero attached hydrogens (tertiary/aromatic N) is 1. The van der Waals surface area contributed by atoms with Crippen LogP contribution in [0.5, 0.6) is 0 Å². The molecule has 0 spiro atoms. The summed E-state index contributed by atoms with van der Waals surface area (Å²) in [6, 6.07) is 4.10. The topological polar surface area (TPSA) is 46.3 Å². The van der Waals surface area contributed by atoms with Gasteiger partial charge in [0.05, 0.1) is 10.6 Å². The highest BCUT2D eigenvalue weighted by Gasteiger charge is 2.33. The number of benzene rings is 1. The predicted octanol–water partition coefficient (Wildman–Crippen LogP) is 3.34. The van der Waals surface area contributed by atoms with Crippen molar-refractivity contribution in [3.05, 3.63) is 28.8 Å². The minimum atomic E-state index is -4.44. The highest BCUT2D eigenvalue weighted by molar-refractivity contribution is 6.34. The van der Waals surface area contributed by atoms with E-state index in [1.54, 1.807) is 6.92 Å². The fourth-order valence-corrected chi connectivity index (χ4v) is 1.88. The number of amides is 1. The van der Waals surface area contributed by atoms with Crippen molar-refractivity contribution in [3.63, 3.8) is 0 Å². The Morgan fingerprint density at radius 2 is 2.05 bits per heavy atom. The first-order valence-corrected chi connectivity index (χ1v) is 6.03. The van der Waals surface area contributed by atoms with E-state index < -0.39 is 18.6 Å². The molecule has 0 atom stereocenters. The number of anilines is 1. The number of rotatable bonds is 4. The van der Waals surface area contributed by atoms with Gasteiger partial charge in [-0.3, -0.25) is 4.79 Å². The molecule has 2 N–H and O–H groups in total. The van der Waals surface area contributed by atoms with Crippen LogP contribution >= 0.6 is 11.6 Å². The molecule has 0 heterocycles. The van der Waals surface area contributed by atoms with Gasteiger partial charge in [-0.15, -0.1) is 0 Å². The summed E-state index contributed by atoms with van der Waals surface area (Å²) in [7, 11) is 0. The van der Waals surface area contributed by atoms with Gasteiger partial charge in [-0.25, -0.2) is 0 Å². The van der Waals surface area contributed by atoms with E-state index in [4.69, 9.17) is 17.3 Å². The Kier molecular flexibility index (Phi) is 5.05. The van der Waals surface area contributed by atoms with Gasteiger partial charge in [0.2, 0.25) is 0 Å². The lowest BCUT2D eigenvalue weighted by molar-refractivity contribution is -0.140. The molecule has 7 heteroatoms. The van der Waals surface area contributed by atoms with Gasteiger partial charge in [-0.05, 0) is 24.6 Å². The molecule has 0 aliphatic rings. The maximum Gasteiger partial charge on any atom is 0.406 e. The fraction of sp³-hybridized carbons (Fsp3) is 0.417. The highest BCUT2D eigenvalue weighted by Crippen LogP contribution is 2.23. The molecule has 0 saturated carbocycles. The number of hydrogen-bond acceptors (Lipinski definition) is 2. The summed E-state index contributed by atoms with van der Waals surface area (Å²) in [6.07, 6.45) is -4.01. The van der Waals surface area contributed by atoms with Crippen molar-refractivity contribution in [2.45, 2.75) is 19.5 Å². The van der Waals surface area contributed by atoms with Crippen LogP contribution in [0.4, 0.5) is 18.9 Å². The predicted molar refractivity (Wildman–Crippen MR) is 68.1 cm³/mol. The summed E-state index contributed by atoms with van der Waals surface area (Å²) in [5, 5.41) is 0.0493. The molecule has 19 heavy (non-hydrogen) atoms. The van der Waals surface area contributed by atoms with Crippen molar-refractivity contribution in [1.82, 2.24) is 4.90 Å². The molecule has 1 amide bonds. The van der Waals surface area contributed by atoms with E-state index in [-0.39, 0.29) is 17.1 Å². The molecular weight excluding hydrogens is 281 g/mol. The third kappa shape index (κ3) is 4.63. The quantitative estimate of drug-likeness (QED) is 0.866. The minimum Gasteiger partial charge on any atom is -0.399 e. The lowest BCUT2D eigenvalue weighted by Gasteiger charge is -2.24. The molecule has 1 rings (SSSR count). The second kappa shape index (κ2) is 6.14. The Morgan fingerprint density at radius 1 is 1.42 bits per heavy atom. The molecule has 0 aliphatic carbocycles. The van der Waals surface area contributed by atoms with Crippen molar-refractivity contribution >= 4 is 23.2 Å². The molecule has 0 aliphatic heterocycles. The fourth-order valence-electron chi connectivity index (χ4n) is 1.61. The van der Waals surface area contributed by atoms with Gasteiger partial charge in [0.25, 0.3) is 5.91 Å². The van der Waals surface area contributed by atoms with E-state index in [0.29, 0.717) is 12.1 Å². The molecule has 0 unspecified atom stereocenters. The Bertz CT molecular complexity index is 463. The summed E-state index contributed by atoms with van der Waals surface area (Å²) in [6.45, 7) is 0.417. The molecule has 106 valence electrons. The third-order valence-electron chi connectivity index (χ3n) is 2.37. The highest BCUT2D eigenvalue weighted by atomic mass is 35.5. The van der Waals surface area contributed by atoms with Gasteiger partial charge < -0.3 is 10.6 Å². The summed E-state index contributed by atoms with van der Waals surface area (Å²) in [4.78, 5) is 12.8. The summed E-state index contributed by atoms with van der Waals surface area (Å²) in [5.41, 5.74) is 5.84. The van der Waals surface area contributed by atoms with Crippen LogP contribution in [0.1, 0.15) is 23.7 Å². The molecule has 1 aromatic rings. The van der Waals surface area contributed by atoms with Crippen LogP contribution < -0.4 is 5.73 Å². The van der Waals surface area contributed by atoms with Gasteiger partial charge in [-0.1, -0.05) is 18.5 Å². The first-order valence-electron chi connectivity index (χ1n) is 5.65. The van der Waals surface area contributed by atoms with E-state index in [1.807, 2.05) is 0 Å². The zero-order chi connectivity index (χ0) is 14.6. The van der Waals surface area contributed by atoms with Crippen LogP contribution in [0.2, 0.25) is 5.02 Å². The largest absolute Gasteiger partial charge is 0.406 e. The van der Waals surface area contributed by atoms with Crippen LogP contribution in [0.3, 0.4) is 0 Å². The molecule has 1 aromatic carbocycles. The van der Waals surface area contributed by atoms with E-state index in [1.165, 1.54) is 18.2 Å². The Morgan fingerprint density at radius 3 is 2.53 bits per heavy atom. The van der Waals surface area contributed by atoms with Crippen molar-refractivity contribution in [3.8, 4) is 0 Å². The second-order valence-corrected chi connectivity index (χ2v) is 4.49. The first-order chi connectivity index (χ1) is 8.74. The second-order valence-electron chi connectivity index (χ2n) is 4.08. The third-order valence-corrected chi connectivity index (χ3v) is 2.69. The van der Waals surface area contributed by atoms with Gasteiger partial charge in [-0.2, -0.15) is 13.2 Å². The van der Waals surface area contributed by atoms with Crippen molar-refractivity contribution in [2.24, 2.45) is 0 Å². The zero-order valence-electron chi connectivity index (χ0n) is 10.3. The van der Waals surface area contributed by atoms with E-state index in [2.05, 4.69) is 0 Å². The van der Waals surface area contributed by atoms with Crippen LogP contribution in [0.15, 0.2) is 18.2 Å². The minimum absolute atomic E-state index is 0.0129. The van der Waals surface area contributed by atoms with E-state index in [0.717, 1.165) is 4.90 Å². The van der Waals surface area contributed by atoms with Gasteiger partial charge >= 0.3 is 6.18 Å². The first kappa shape index (κ1) is 15.6. The Hall–Kier alpha value is -1.43. The summed E-state index contributed by atoms with van der Waals surface area (Å²) >= 11 is 5.83. The number of hydrogen-bond donors (Lipinski definition) is 1. The average Bonchev–Trinajstić information content (AvgIpc) is 2.26. The van der Waals surface area contributed by atoms with Gasteiger partial charge in [0, 0.05) is 12.2 Å². The van der Waals surface area contributed by atoms with Crippen LogP contribution in [0, 0.1) is 0 Å². The lowest BCUT2D eigenvalue weighted by atomic mass is 10.1. The molecule has 3 nitrogen and oxygen atoms in total. The van der Waals surface area contributed by atoms with Crippen LogP contribution in [0.25, 0.3) is 0 Å². The smallest absolute Gasteiger partial charge is 0.399 e. The molecule has 0 fully saturated rings. The standard InChI is InChI=1S/C12H14ClF3N2O/c1-2-5-18(7-12(14,15)16)11(19)9-4-3-8(17)6-10(9)13/h3-4,6H,2,5,7,17H2,1H3. The van der Waals surface area contributed by atoms with Crippen LogP contribution in [-0.4, -0.2) is 30.1 Å². The number of carbonyl (C=O) groups excluding carboxylic acids is 1. The number of carbonyl (C=O) groups is 1. The molecule has 0 saturated heterocycles. The molecule has 0 aromatic heterocycles. The molecular formula is C12H14ClF3N2O. The van der Waals surface area contributed by atoms with Crippen molar-refractivity contribution < 1.29 is 18.0 Å². The SMILES string of the molecule is CCCN(CC(F)(F)F)C(=O)c1ccc(N)cc1Cl. The maximum atomic E-state index is 12.4. The average molecular weight is 295 g/mol. The van der Waals surface area contributed by atoms with Crippen LogP contribution in [-0.2, 0) is 0 Å². The van der Waals surface area contributed by atoms with Gasteiger partial charge in [0.15, 0.2) is 0 Å². The summed E-state index contributed by atoms with van der Waals surface area (Å²) in [5.74, 6) is -0.746. The maximum absolute atomic E-state index is 12.4. The lowest BCUT2D eigenvalue weighted by Crippen LogP contribution is -2.39. The number of nitrogen functional groups attached to an aromatic ring is 1. The van der Waals surface area contributed by atoms with Gasteiger partial charge in [0.1, 0.15) is 6.54 Å². The number of halogens is 4. The zero-order valence-corrected chi connectivity index (χ0v) is 11.1. The van der Waals surface area contributed by atoms with Crippen molar-refractivity contribution in [2.75, 3.05) is 18.8 Å². The van der Waals surface area contributed by atoms with Crippen molar-refractivity contribution in [1.29, 1.82) is 0 Å². The number of nitrogens with two attached hydrogens (primary N) is 1. The monoisotopic (exact) mass is 294 g/mol. The Balaban J connectivity index is 2.99.